The lowest BCUT2D eigenvalue weighted by molar-refractivity contribution is -0.122. The number of hydrazine groups is 1. The lowest BCUT2D eigenvalue weighted by atomic mass is 10.3. The normalized spacial score (nSPS) is 10.2. The Labute approximate surface area is 171 Å². The van der Waals surface area contributed by atoms with Gasteiger partial charge in [0.2, 0.25) is 0 Å². The van der Waals surface area contributed by atoms with Crippen molar-refractivity contribution in [2.75, 3.05) is 23.1 Å². The fraction of sp³-hybridized carbons (Fsp3) is 0.0556. The Balaban J connectivity index is 1.60. The van der Waals surface area contributed by atoms with Crippen LogP contribution in [0.2, 0.25) is 10.0 Å². The van der Waals surface area contributed by atoms with Crippen molar-refractivity contribution in [2.45, 2.75) is 0 Å². The zero-order chi connectivity index (χ0) is 19.9. The number of aromatic nitrogens is 2. The molecule has 3 aromatic rings. The molecule has 144 valence electrons. The summed E-state index contributed by atoms with van der Waals surface area (Å²) >= 11 is 12.0. The van der Waals surface area contributed by atoms with Crippen LogP contribution < -0.4 is 26.6 Å². The number of nitrogen functional groups attached to an aromatic ring is 1. The number of benzene rings is 2. The zero-order valence-electron chi connectivity index (χ0n) is 14.4. The number of carbonyl (C=O) groups excluding carboxylic acids is 1. The molecule has 10 heteroatoms. The molecular weight excluding hydrogens is 403 g/mol. The number of para-hydroxylation sites is 1. The highest BCUT2D eigenvalue weighted by Crippen LogP contribution is 2.31. The highest BCUT2D eigenvalue weighted by Gasteiger charge is 2.11. The minimum Gasteiger partial charge on any atom is -0.484 e. The third kappa shape index (κ3) is 5.15. The molecule has 0 saturated carbocycles. The fourth-order valence-electron chi connectivity index (χ4n) is 2.14. The van der Waals surface area contributed by atoms with E-state index in [9.17, 15) is 4.79 Å². The van der Waals surface area contributed by atoms with Gasteiger partial charge >= 0.3 is 0 Å². The van der Waals surface area contributed by atoms with E-state index >= 15 is 0 Å². The molecule has 1 aromatic heterocycles. The van der Waals surface area contributed by atoms with Gasteiger partial charge in [-0.15, -0.1) is 0 Å². The first kappa shape index (κ1) is 19.5. The number of halogens is 2. The van der Waals surface area contributed by atoms with Gasteiger partial charge in [0.25, 0.3) is 5.91 Å². The summed E-state index contributed by atoms with van der Waals surface area (Å²) in [6.45, 7) is -0.173. The predicted molar refractivity (Wildman–Crippen MR) is 110 cm³/mol. The number of amides is 1. The molecule has 0 fully saturated rings. The van der Waals surface area contributed by atoms with Gasteiger partial charge in [-0.1, -0.05) is 41.4 Å². The van der Waals surface area contributed by atoms with E-state index in [0.717, 1.165) is 0 Å². The molecule has 1 heterocycles. The molecule has 0 aliphatic carbocycles. The SMILES string of the molecule is Nc1c(NNC(=O)COc2ccccc2)ncnc1Nc1ccc(Cl)cc1Cl. The Morgan fingerprint density at radius 2 is 1.82 bits per heavy atom. The van der Waals surface area contributed by atoms with Gasteiger partial charge in [0, 0.05) is 5.02 Å². The second kappa shape index (κ2) is 9.12. The monoisotopic (exact) mass is 418 g/mol. The van der Waals surface area contributed by atoms with E-state index in [1.807, 2.05) is 18.2 Å². The Morgan fingerprint density at radius 3 is 2.57 bits per heavy atom. The Hall–Kier alpha value is -3.23. The molecule has 3 rings (SSSR count). The first-order valence-electron chi connectivity index (χ1n) is 8.08. The van der Waals surface area contributed by atoms with Gasteiger partial charge in [-0.05, 0) is 30.3 Å². The smallest absolute Gasteiger partial charge is 0.276 e. The van der Waals surface area contributed by atoms with E-state index in [4.69, 9.17) is 33.7 Å². The molecule has 0 bridgehead atoms. The van der Waals surface area contributed by atoms with E-state index < -0.39 is 5.91 Å². The molecule has 0 atom stereocenters. The number of carbonyl (C=O) groups is 1. The van der Waals surface area contributed by atoms with Crippen LogP contribution in [0.15, 0.2) is 54.9 Å². The van der Waals surface area contributed by atoms with Crippen molar-refractivity contribution in [1.82, 2.24) is 15.4 Å². The van der Waals surface area contributed by atoms with Crippen LogP contribution in [-0.2, 0) is 4.79 Å². The van der Waals surface area contributed by atoms with E-state index in [1.54, 1.807) is 30.3 Å². The van der Waals surface area contributed by atoms with Crippen molar-refractivity contribution >= 4 is 52.1 Å². The molecule has 0 radical (unpaired) electrons. The molecule has 0 aliphatic heterocycles. The van der Waals surface area contributed by atoms with Crippen LogP contribution in [0.3, 0.4) is 0 Å². The van der Waals surface area contributed by atoms with Crippen molar-refractivity contribution < 1.29 is 9.53 Å². The van der Waals surface area contributed by atoms with Crippen molar-refractivity contribution in [1.29, 1.82) is 0 Å². The average Bonchev–Trinajstić information content (AvgIpc) is 2.69. The molecule has 28 heavy (non-hydrogen) atoms. The number of nitrogens with zero attached hydrogens (tertiary/aromatic N) is 2. The summed E-state index contributed by atoms with van der Waals surface area (Å²) in [4.78, 5) is 20.0. The molecule has 8 nitrogen and oxygen atoms in total. The number of hydrogen-bond donors (Lipinski definition) is 4. The summed E-state index contributed by atoms with van der Waals surface area (Å²) in [7, 11) is 0. The molecule has 0 spiro atoms. The quantitative estimate of drug-likeness (QED) is 0.433. The maximum absolute atomic E-state index is 11.9. The second-order valence-corrected chi connectivity index (χ2v) is 6.35. The summed E-state index contributed by atoms with van der Waals surface area (Å²) in [6, 6.07) is 14.0. The summed E-state index contributed by atoms with van der Waals surface area (Å²) in [5.41, 5.74) is 11.9. The van der Waals surface area contributed by atoms with Crippen LogP contribution in [0.1, 0.15) is 0 Å². The number of anilines is 4. The van der Waals surface area contributed by atoms with Crippen LogP contribution in [-0.4, -0.2) is 22.5 Å². The van der Waals surface area contributed by atoms with Gasteiger partial charge in [-0.3, -0.25) is 15.6 Å². The lowest BCUT2D eigenvalue weighted by Gasteiger charge is -2.14. The maximum Gasteiger partial charge on any atom is 0.276 e. The van der Waals surface area contributed by atoms with Crippen LogP contribution >= 0.6 is 23.2 Å². The first-order valence-corrected chi connectivity index (χ1v) is 8.84. The number of hydrogen-bond acceptors (Lipinski definition) is 7. The van der Waals surface area contributed by atoms with Gasteiger partial charge in [-0.25, -0.2) is 9.97 Å². The summed E-state index contributed by atoms with van der Waals surface area (Å²) in [5, 5.41) is 3.92. The molecule has 1 amide bonds. The van der Waals surface area contributed by atoms with Crippen LogP contribution in [0.5, 0.6) is 5.75 Å². The van der Waals surface area contributed by atoms with Gasteiger partial charge in [0.05, 0.1) is 10.7 Å². The van der Waals surface area contributed by atoms with E-state index in [-0.39, 0.29) is 18.1 Å². The summed E-state index contributed by atoms with van der Waals surface area (Å²) < 4.78 is 5.36. The van der Waals surface area contributed by atoms with Crippen molar-refractivity contribution in [3.63, 3.8) is 0 Å². The molecular formula is C18H16Cl2N6O2. The third-order valence-electron chi connectivity index (χ3n) is 3.50. The van der Waals surface area contributed by atoms with Crippen molar-refractivity contribution in [2.24, 2.45) is 0 Å². The van der Waals surface area contributed by atoms with Crippen LogP contribution in [0.25, 0.3) is 0 Å². The third-order valence-corrected chi connectivity index (χ3v) is 4.05. The summed E-state index contributed by atoms with van der Waals surface area (Å²) in [6.07, 6.45) is 1.29. The Morgan fingerprint density at radius 1 is 1.07 bits per heavy atom. The highest BCUT2D eigenvalue weighted by molar-refractivity contribution is 6.36. The van der Waals surface area contributed by atoms with Crippen molar-refractivity contribution in [3.8, 4) is 5.75 Å². The molecule has 0 aliphatic rings. The molecule has 5 N–H and O–H groups in total. The van der Waals surface area contributed by atoms with Gasteiger partial charge in [-0.2, -0.15) is 0 Å². The number of nitrogens with two attached hydrogens (primary N) is 1. The molecule has 0 unspecified atom stereocenters. The van der Waals surface area contributed by atoms with Crippen LogP contribution in [0, 0.1) is 0 Å². The minimum absolute atomic E-state index is 0.173. The van der Waals surface area contributed by atoms with Crippen molar-refractivity contribution in [3.05, 3.63) is 64.9 Å². The highest BCUT2D eigenvalue weighted by atomic mass is 35.5. The van der Waals surface area contributed by atoms with Gasteiger partial charge < -0.3 is 15.8 Å². The molecule has 2 aromatic carbocycles. The maximum atomic E-state index is 11.9. The fourth-order valence-corrected chi connectivity index (χ4v) is 2.60. The number of rotatable bonds is 7. The Bertz CT molecular complexity index is 972. The topological polar surface area (TPSA) is 114 Å². The van der Waals surface area contributed by atoms with Crippen LogP contribution in [0.4, 0.5) is 23.0 Å². The zero-order valence-corrected chi connectivity index (χ0v) is 16.0. The predicted octanol–water partition coefficient (Wildman–Crippen LogP) is 3.63. The van der Waals surface area contributed by atoms with E-state index in [0.29, 0.717) is 27.3 Å². The minimum atomic E-state index is -0.405. The Kier molecular flexibility index (Phi) is 6.36. The van der Waals surface area contributed by atoms with E-state index in [2.05, 4.69) is 26.1 Å². The van der Waals surface area contributed by atoms with Gasteiger partial charge in [0.15, 0.2) is 18.2 Å². The number of nitrogens with one attached hydrogen (secondary N) is 3. The standard InChI is InChI=1S/C18H16Cl2N6O2/c19-11-6-7-14(13(20)8-11)24-17-16(21)18(23-10-22-17)26-25-15(27)9-28-12-4-2-1-3-5-12/h1-8,10H,9,21H2,(H,25,27)(H2,22,23,24,26). The largest absolute Gasteiger partial charge is 0.484 e. The van der Waals surface area contributed by atoms with Gasteiger partial charge in [0.1, 0.15) is 17.8 Å². The first-order chi connectivity index (χ1) is 13.5. The lowest BCUT2D eigenvalue weighted by Crippen LogP contribution is -2.34. The molecule has 0 saturated heterocycles. The van der Waals surface area contributed by atoms with E-state index in [1.165, 1.54) is 6.33 Å². The summed E-state index contributed by atoms with van der Waals surface area (Å²) in [5.74, 6) is 0.717. The average molecular weight is 419 g/mol. The number of ether oxygens (including phenoxy) is 1. The second-order valence-electron chi connectivity index (χ2n) is 5.51.